The number of nitrogen functional groups attached to an aromatic ring is 1. The minimum atomic E-state index is -0.518. The number of carbonyl (C=O) groups excluding carboxylic acids is 1. The average molecular weight is 436 g/mol. The van der Waals surface area contributed by atoms with E-state index in [1.54, 1.807) is 22.7 Å². The summed E-state index contributed by atoms with van der Waals surface area (Å²) in [6.07, 6.45) is 1.37. The Hall–Kier alpha value is -4.72. The van der Waals surface area contributed by atoms with Crippen LogP contribution in [0.5, 0.6) is 5.75 Å². The molecule has 0 radical (unpaired) electrons. The Morgan fingerprint density at radius 1 is 0.939 bits per heavy atom. The van der Waals surface area contributed by atoms with E-state index in [-0.39, 0.29) is 0 Å². The molecule has 0 unspecified atom stereocenters. The number of imidazole rings is 1. The average Bonchev–Trinajstić information content (AvgIpc) is 3.25. The van der Waals surface area contributed by atoms with Crippen LogP contribution in [0.2, 0.25) is 0 Å². The molecule has 3 aromatic carbocycles. The molecule has 2 heterocycles. The Bertz CT molecular complexity index is 1460. The number of hydrogen-bond acceptors (Lipinski definition) is 6. The Kier molecular flexibility index (Phi) is 5.16. The number of aromatic nitrogens is 4. The Morgan fingerprint density at radius 2 is 1.73 bits per heavy atom. The molecule has 2 aromatic heterocycles. The van der Waals surface area contributed by atoms with Crippen LogP contribution < -0.4 is 16.2 Å². The van der Waals surface area contributed by atoms with E-state index in [0.29, 0.717) is 46.3 Å². The second-order valence-corrected chi connectivity index (χ2v) is 7.44. The maximum absolute atomic E-state index is 11.7. The maximum Gasteiger partial charge on any atom is 0.248 e. The maximum atomic E-state index is 11.7. The van der Waals surface area contributed by atoms with Crippen molar-refractivity contribution < 1.29 is 9.53 Å². The summed E-state index contributed by atoms with van der Waals surface area (Å²) in [5, 5.41) is 4.35. The summed E-state index contributed by atoms with van der Waals surface area (Å²) in [4.78, 5) is 20.6. The molecule has 0 bridgehead atoms. The van der Waals surface area contributed by atoms with Gasteiger partial charge < -0.3 is 16.2 Å². The number of carbonyl (C=O) groups is 1. The second kappa shape index (κ2) is 8.43. The van der Waals surface area contributed by atoms with Crippen LogP contribution in [0.3, 0.4) is 0 Å². The van der Waals surface area contributed by atoms with Crippen molar-refractivity contribution in [3.05, 3.63) is 96.3 Å². The molecule has 0 spiro atoms. The molecule has 162 valence electrons. The largest absolute Gasteiger partial charge is 0.489 e. The van der Waals surface area contributed by atoms with Crippen molar-refractivity contribution in [1.82, 2.24) is 19.6 Å². The van der Waals surface area contributed by atoms with Crippen molar-refractivity contribution >= 4 is 17.2 Å². The van der Waals surface area contributed by atoms with Crippen LogP contribution in [0.25, 0.3) is 28.2 Å². The van der Waals surface area contributed by atoms with E-state index in [4.69, 9.17) is 21.2 Å². The highest BCUT2D eigenvalue weighted by Gasteiger charge is 2.19. The molecular formula is C25H20N6O2. The molecule has 0 aliphatic carbocycles. The Labute approximate surface area is 189 Å². The molecule has 8 nitrogen and oxygen atoms in total. The first-order valence-electron chi connectivity index (χ1n) is 10.3. The second-order valence-electron chi connectivity index (χ2n) is 7.44. The van der Waals surface area contributed by atoms with Crippen molar-refractivity contribution in [2.24, 2.45) is 5.73 Å². The molecule has 8 heteroatoms. The summed E-state index contributed by atoms with van der Waals surface area (Å²) in [6.45, 7) is 0.449. The lowest BCUT2D eigenvalue weighted by Crippen LogP contribution is -2.10. The number of primary amides is 1. The van der Waals surface area contributed by atoms with Gasteiger partial charge in [-0.1, -0.05) is 54.6 Å². The fourth-order valence-corrected chi connectivity index (χ4v) is 3.63. The standard InChI is InChI=1S/C25H20N6O2/c26-23-22-21(17-8-5-11-20(13-17)33-14-16-6-2-1-3-7-16)30-25(31(22)29-15-28-23)19-10-4-9-18(12-19)24(27)32/h1-13,15H,14H2,(H2,27,32)(H2,26,28,29). The van der Waals surface area contributed by atoms with Gasteiger partial charge in [-0.15, -0.1) is 0 Å². The van der Waals surface area contributed by atoms with E-state index in [1.807, 2.05) is 60.7 Å². The van der Waals surface area contributed by atoms with E-state index in [1.165, 1.54) is 6.33 Å². The van der Waals surface area contributed by atoms with Gasteiger partial charge in [-0.2, -0.15) is 5.10 Å². The molecule has 5 aromatic rings. The van der Waals surface area contributed by atoms with Gasteiger partial charge in [0.25, 0.3) is 0 Å². The topological polar surface area (TPSA) is 121 Å². The van der Waals surface area contributed by atoms with Crippen LogP contribution in [0.1, 0.15) is 15.9 Å². The lowest BCUT2D eigenvalue weighted by Gasteiger charge is -2.08. The van der Waals surface area contributed by atoms with Crippen LogP contribution in [0.15, 0.2) is 85.2 Å². The zero-order chi connectivity index (χ0) is 22.8. The number of nitrogens with two attached hydrogens (primary N) is 2. The van der Waals surface area contributed by atoms with E-state index in [2.05, 4.69) is 10.1 Å². The summed E-state index contributed by atoms with van der Waals surface area (Å²) in [5.74, 6) is 0.994. The van der Waals surface area contributed by atoms with Gasteiger partial charge in [-0.25, -0.2) is 14.5 Å². The molecule has 0 aliphatic rings. The Morgan fingerprint density at radius 3 is 2.55 bits per heavy atom. The van der Waals surface area contributed by atoms with E-state index in [9.17, 15) is 4.79 Å². The first-order chi connectivity index (χ1) is 16.1. The number of amides is 1. The predicted octanol–water partition coefficient (Wildman–Crippen LogP) is 3.72. The third-order valence-electron chi connectivity index (χ3n) is 5.22. The number of rotatable bonds is 6. The quantitative estimate of drug-likeness (QED) is 0.418. The lowest BCUT2D eigenvalue weighted by atomic mass is 10.1. The van der Waals surface area contributed by atoms with Crippen LogP contribution >= 0.6 is 0 Å². The summed E-state index contributed by atoms with van der Waals surface area (Å²) in [6, 6.07) is 24.5. The first kappa shape index (κ1) is 20.2. The fraction of sp³-hybridized carbons (Fsp3) is 0.0400. The zero-order valence-corrected chi connectivity index (χ0v) is 17.6. The lowest BCUT2D eigenvalue weighted by molar-refractivity contribution is 0.100. The highest BCUT2D eigenvalue weighted by molar-refractivity contribution is 5.94. The van der Waals surface area contributed by atoms with Crippen molar-refractivity contribution in [2.45, 2.75) is 6.61 Å². The molecule has 0 aliphatic heterocycles. The van der Waals surface area contributed by atoms with Crippen molar-refractivity contribution in [2.75, 3.05) is 5.73 Å². The molecule has 4 N–H and O–H groups in total. The van der Waals surface area contributed by atoms with Gasteiger partial charge in [0.05, 0.1) is 0 Å². The number of benzene rings is 3. The number of nitrogens with zero attached hydrogens (tertiary/aromatic N) is 4. The van der Waals surface area contributed by atoms with Gasteiger partial charge in [0.1, 0.15) is 29.9 Å². The third kappa shape index (κ3) is 3.97. The molecular weight excluding hydrogens is 416 g/mol. The van der Waals surface area contributed by atoms with E-state index in [0.717, 1.165) is 11.1 Å². The first-order valence-corrected chi connectivity index (χ1v) is 10.3. The number of hydrogen-bond donors (Lipinski definition) is 2. The monoisotopic (exact) mass is 436 g/mol. The van der Waals surface area contributed by atoms with Gasteiger partial charge >= 0.3 is 0 Å². The zero-order valence-electron chi connectivity index (χ0n) is 17.6. The molecule has 0 fully saturated rings. The summed E-state index contributed by atoms with van der Waals surface area (Å²) in [5.41, 5.74) is 15.8. The number of anilines is 1. The number of fused-ring (bicyclic) bond motifs is 1. The van der Waals surface area contributed by atoms with E-state index >= 15 is 0 Å². The fourth-order valence-electron chi connectivity index (χ4n) is 3.63. The predicted molar refractivity (Wildman–Crippen MR) is 125 cm³/mol. The third-order valence-corrected chi connectivity index (χ3v) is 5.22. The summed E-state index contributed by atoms with van der Waals surface area (Å²) >= 11 is 0. The van der Waals surface area contributed by atoms with Crippen LogP contribution in [-0.2, 0) is 6.61 Å². The highest BCUT2D eigenvalue weighted by atomic mass is 16.5. The van der Waals surface area contributed by atoms with Crippen molar-refractivity contribution in [3.63, 3.8) is 0 Å². The molecule has 1 amide bonds. The van der Waals surface area contributed by atoms with Crippen LogP contribution in [0.4, 0.5) is 5.82 Å². The van der Waals surface area contributed by atoms with Gasteiger partial charge in [-0.3, -0.25) is 4.79 Å². The molecule has 33 heavy (non-hydrogen) atoms. The van der Waals surface area contributed by atoms with Gasteiger partial charge in [0.15, 0.2) is 11.6 Å². The normalized spacial score (nSPS) is 10.9. The number of ether oxygens (including phenoxy) is 1. The van der Waals surface area contributed by atoms with Crippen LogP contribution in [-0.4, -0.2) is 25.5 Å². The molecule has 0 atom stereocenters. The molecule has 5 rings (SSSR count). The van der Waals surface area contributed by atoms with Crippen LogP contribution in [0, 0.1) is 0 Å². The van der Waals surface area contributed by atoms with Gasteiger partial charge in [0.2, 0.25) is 5.91 Å². The Balaban J connectivity index is 1.58. The van der Waals surface area contributed by atoms with Crippen molar-refractivity contribution in [1.29, 1.82) is 0 Å². The minimum Gasteiger partial charge on any atom is -0.489 e. The van der Waals surface area contributed by atoms with E-state index < -0.39 is 5.91 Å². The van der Waals surface area contributed by atoms with Gasteiger partial charge in [-0.05, 0) is 29.8 Å². The smallest absolute Gasteiger partial charge is 0.248 e. The van der Waals surface area contributed by atoms with Crippen molar-refractivity contribution in [3.8, 4) is 28.4 Å². The summed E-state index contributed by atoms with van der Waals surface area (Å²) < 4.78 is 7.60. The minimum absolute atomic E-state index is 0.292. The molecule has 0 saturated carbocycles. The summed E-state index contributed by atoms with van der Waals surface area (Å²) in [7, 11) is 0. The molecule has 0 saturated heterocycles. The van der Waals surface area contributed by atoms with Gasteiger partial charge in [0, 0.05) is 16.7 Å². The highest BCUT2D eigenvalue weighted by Crippen LogP contribution is 2.33. The SMILES string of the molecule is NC(=O)c1cccc(-c2nc(-c3cccc(OCc4ccccc4)c3)c3c(N)ncnn23)c1.